The zero-order valence-corrected chi connectivity index (χ0v) is 11.5. The van der Waals surface area contributed by atoms with E-state index >= 15 is 0 Å². The summed E-state index contributed by atoms with van der Waals surface area (Å²) < 4.78 is 1.79. The summed E-state index contributed by atoms with van der Waals surface area (Å²) >= 11 is 3.43. The highest BCUT2D eigenvalue weighted by molar-refractivity contribution is 7.99. The Labute approximate surface area is 109 Å². The molecular weight excluding hydrogens is 252 g/mol. The van der Waals surface area contributed by atoms with Gasteiger partial charge >= 0.3 is 0 Å². The molecule has 0 aliphatic carbocycles. The topological polar surface area (TPSA) is 56.7 Å². The summed E-state index contributed by atoms with van der Waals surface area (Å²) in [6.07, 6.45) is 2.53. The van der Waals surface area contributed by atoms with Crippen LogP contribution in [0, 0.1) is 0 Å². The summed E-state index contributed by atoms with van der Waals surface area (Å²) in [4.78, 5) is 5.54. The van der Waals surface area contributed by atoms with Crippen molar-refractivity contribution in [3.05, 3.63) is 28.7 Å². The molecule has 2 rings (SSSR count). The molecule has 4 nitrogen and oxygen atoms in total. The van der Waals surface area contributed by atoms with E-state index < -0.39 is 0 Å². The van der Waals surface area contributed by atoms with Gasteiger partial charge in [0.25, 0.3) is 0 Å². The van der Waals surface area contributed by atoms with Crippen molar-refractivity contribution in [3.8, 4) is 0 Å². The van der Waals surface area contributed by atoms with Crippen molar-refractivity contribution < 1.29 is 0 Å². The molecule has 0 aliphatic heterocycles. The Morgan fingerprint density at radius 1 is 1.59 bits per heavy atom. The Kier molecular flexibility index (Phi) is 4.20. The lowest BCUT2D eigenvalue weighted by molar-refractivity contribution is 0.630. The van der Waals surface area contributed by atoms with E-state index in [1.54, 1.807) is 34.1 Å². The number of aryl methyl sites for hydroxylation is 1. The van der Waals surface area contributed by atoms with Crippen LogP contribution in [0.25, 0.3) is 0 Å². The van der Waals surface area contributed by atoms with Crippen LogP contribution in [0.1, 0.15) is 23.5 Å². The molecule has 0 fully saturated rings. The molecule has 2 unspecified atom stereocenters. The molecule has 0 radical (unpaired) electrons. The quantitative estimate of drug-likeness (QED) is 0.846. The minimum atomic E-state index is 0.135. The highest BCUT2D eigenvalue weighted by atomic mass is 32.2. The normalized spacial score (nSPS) is 14.8. The third-order valence-electron chi connectivity index (χ3n) is 2.59. The molecule has 0 spiro atoms. The third kappa shape index (κ3) is 2.88. The fourth-order valence-corrected chi connectivity index (χ4v) is 3.72. The summed E-state index contributed by atoms with van der Waals surface area (Å²) in [7, 11) is 1.90. The van der Waals surface area contributed by atoms with E-state index in [1.165, 1.54) is 4.88 Å². The predicted octanol–water partition coefficient (Wildman–Crippen LogP) is 2.45. The van der Waals surface area contributed by atoms with Crippen LogP contribution >= 0.6 is 23.1 Å². The highest BCUT2D eigenvalue weighted by Gasteiger charge is 2.22. The van der Waals surface area contributed by atoms with Crippen LogP contribution in [0.15, 0.2) is 29.0 Å². The van der Waals surface area contributed by atoms with Crippen LogP contribution in [-0.4, -0.2) is 20.8 Å². The molecule has 2 heterocycles. The van der Waals surface area contributed by atoms with Gasteiger partial charge in [-0.2, -0.15) is 5.10 Å². The first kappa shape index (κ1) is 12.6. The molecular formula is C11H16N4S2. The van der Waals surface area contributed by atoms with Crippen LogP contribution in [0.4, 0.5) is 0 Å². The van der Waals surface area contributed by atoms with Crippen LogP contribution in [0.3, 0.4) is 0 Å². The molecule has 2 aromatic rings. The number of thioether (sulfide) groups is 1. The lowest BCUT2D eigenvalue weighted by Crippen LogP contribution is -2.25. The van der Waals surface area contributed by atoms with Crippen molar-refractivity contribution >= 4 is 23.1 Å². The molecule has 17 heavy (non-hydrogen) atoms. The molecule has 0 amide bonds. The Morgan fingerprint density at radius 2 is 2.41 bits per heavy atom. The third-order valence-corrected chi connectivity index (χ3v) is 5.13. The number of rotatable bonds is 5. The Morgan fingerprint density at radius 3 is 2.94 bits per heavy atom. The Hall–Kier alpha value is -0.850. The van der Waals surface area contributed by atoms with E-state index in [0.29, 0.717) is 0 Å². The largest absolute Gasteiger partial charge is 0.326 e. The summed E-state index contributed by atoms with van der Waals surface area (Å²) in [6.45, 7) is 2.11. The summed E-state index contributed by atoms with van der Waals surface area (Å²) in [6, 6.07) is 4.33. The zero-order chi connectivity index (χ0) is 12.3. The minimum Gasteiger partial charge on any atom is -0.326 e. The van der Waals surface area contributed by atoms with Crippen LogP contribution in [-0.2, 0) is 7.05 Å². The van der Waals surface area contributed by atoms with Gasteiger partial charge in [-0.3, -0.25) is 0 Å². The number of aromatic nitrogens is 3. The second-order valence-corrected chi connectivity index (χ2v) is 5.88. The number of nitrogens with zero attached hydrogens (tertiary/aromatic N) is 3. The summed E-state index contributed by atoms with van der Waals surface area (Å²) in [5.74, 6) is 0. The first-order chi connectivity index (χ1) is 8.22. The molecule has 0 saturated heterocycles. The number of thiophene rings is 1. The maximum atomic E-state index is 6.20. The average molecular weight is 268 g/mol. The van der Waals surface area contributed by atoms with E-state index in [4.69, 9.17) is 5.73 Å². The molecule has 2 atom stereocenters. The molecule has 6 heteroatoms. The van der Waals surface area contributed by atoms with Crippen LogP contribution in [0.2, 0.25) is 0 Å². The summed E-state index contributed by atoms with van der Waals surface area (Å²) in [5.41, 5.74) is 6.20. The first-order valence-electron chi connectivity index (χ1n) is 5.52. The van der Waals surface area contributed by atoms with Crippen molar-refractivity contribution in [3.63, 3.8) is 0 Å². The van der Waals surface area contributed by atoms with Crippen molar-refractivity contribution in [2.24, 2.45) is 12.8 Å². The maximum absolute atomic E-state index is 6.20. The van der Waals surface area contributed by atoms with E-state index in [9.17, 15) is 0 Å². The average Bonchev–Trinajstić information content (AvgIpc) is 2.97. The first-order valence-corrected chi connectivity index (χ1v) is 7.28. The van der Waals surface area contributed by atoms with Crippen LogP contribution in [0.5, 0.6) is 0 Å². The van der Waals surface area contributed by atoms with Crippen molar-refractivity contribution in [2.75, 3.05) is 0 Å². The monoisotopic (exact) mass is 268 g/mol. The van der Waals surface area contributed by atoms with Gasteiger partial charge in [-0.05, 0) is 17.9 Å². The van der Waals surface area contributed by atoms with E-state index in [0.717, 1.165) is 11.6 Å². The standard InChI is InChI=1S/C11H16N4S2/c1-3-8(12)10(9-5-4-6-16-9)17-11-13-7-14-15(11)2/h4-8,10H,3,12H2,1-2H3. The molecule has 0 saturated carbocycles. The molecule has 2 aromatic heterocycles. The second-order valence-electron chi connectivity index (χ2n) is 3.79. The molecule has 0 aliphatic rings. The Bertz CT molecular complexity index is 452. The van der Waals surface area contributed by atoms with Crippen LogP contribution < -0.4 is 5.73 Å². The van der Waals surface area contributed by atoms with Crippen molar-refractivity contribution in [2.45, 2.75) is 29.8 Å². The SMILES string of the molecule is CCC(N)C(Sc1ncnn1C)c1cccs1. The number of hydrogen-bond acceptors (Lipinski definition) is 5. The summed E-state index contributed by atoms with van der Waals surface area (Å²) in [5, 5.41) is 7.33. The minimum absolute atomic E-state index is 0.135. The lowest BCUT2D eigenvalue weighted by Gasteiger charge is -2.20. The van der Waals surface area contributed by atoms with Gasteiger partial charge in [0.2, 0.25) is 0 Å². The van der Waals surface area contributed by atoms with Gasteiger partial charge in [0.15, 0.2) is 5.16 Å². The maximum Gasteiger partial charge on any atom is 0.186 e. The van der Waals surface area contributed by atoms with Crippen molar-refractivity contribution in [1.29, 1.82) is 0 Å². The van der Waals surface area contributed by atoms with Gasteiger partial charge < -0.3 is 5.73 Å². The van der Waals surface area contributed by atoms with Gasteiger partial charge in [-0.1, -0.05) is 24.8 Å². The van der Waals surface area contributed by atoms with E-state index in [-0.39, 0.29) is 11.3 Å². The van der Waals surface area contributed by atoms with Gasteiger partial charge in [0, 0.05) is 18.0 Å². The zero-order valence-electron chi connectivity index (χ0n) is 9.91. The smallest absolute Gasteiger partial charge is 0.186 e. The molecule has 92 valence electrons. The van der Waals surface area contributed by atoms with Crippen molar-refractivity contribution in [1.82, 2.24) is 14.8 Å². The van der Waals surface area contributed by atoms with E-state index in [2.05, 4.69) is 34.5 Å². The number of hydrogen-bond donors (Lipinski definition) is 1. The fourth-order valence-electron chi connectivity index (χ4n) is 1.53. The number of nitrogens with two attached hydrogens (primary N) is 1. The predicted molar refractivity (Wildman–Crippen MR) is 72.2 cm³/mol. The van der Waals surface area contributed by atoms with Gasteiger partial charge in [-0.25, -0.2) is 9.67 Å². The van der Waals surface area contributed by atoms with Gasteiger partial charge in [0.1, 0.15) is 6.33 Å². The lowest BCUT2D eigenvalue weighted by atomic mass is 10.1. The molecule has 0 aromatic carbocycles. The Balaban J connectivity index is 2.20. The van der Waals surface area contributed by atoms with E-state index in [1.807, 2.05) is 7.05 Å². The second kappa shape index (κ2) is 5.66. The molecule has 0 bridgehead atoms. The van der Waals surface area contributed by atoms with Gasteiger partial charge in [-0.15, -0.1) is 11.3 Å². The molecule has 2 N–H and O–H groups in total. The van der Waals surface area contributed by atoms with Gasteiger partial charge in [0.05, 0.1) is 5.25 Å². The fraction of sp³-hybridized carbons (Fsp3) is 0.455. The highest BCUT2D eigenvalue weighted by Crippen LogP contribution is 2.38.